The van der Waals surface area contributed by atoms with Crippen LogP contribution in [0.25, 0.3) is 0 Å². The maximum absolute atomic E-state index is 12.5. The van der Waals surface area contributed by atoms with Crippen LogP contribution < -0.4 is 5.32 Å². The largest absolute Gasteiger partial charge is 0.349 e. The summed E-state index contributed by atoms with van der Waals surface area (Å²) < 4.78 is 0. The Morgan fingerprint density at radius 2 is 1.96 bits per heavy atom. The van der Waals surface area contributed by atoms with Gasteiger partial charge in [-0.15, -0.1) is 11.3 Å². The second-order valence-corrected chi connectivity index (χ2v) is 7.27. The van der Waals surface area contributed by atoms with Crippen molar-refractivity contribution in [2.75, 3.05) is 0 Å². The summed E-state index contributed by atoms with van der Waals surface area (Å²) in [6.45, 7) is 1.93. The maximum Gasteiger partial charge on any atom is 0.263 e. The van der Waals surface area contributed by atoms with E-state index in [0.29, 0.717) is 6.04 Å². The van der Waals surface area contributed by atoms with Crippen LogP contribution in [0.3, 0.4) is 0 Å². The van der Waals surface area contributed by atoms with E-state index in [2.05, 4.69) is 15.3 Å². The van der Waals surface area contributed by atoms with E-state index in [1.165, 1.54) is 36.2 Å². The van der Waals surface area contributed by atoms with Crippen molar-refractivity contribution in [3.8, 4) is 0 Å². The second-order valence-electron chi connectivity index (χ2n) is 6.19. The molecule has 122 valence electrons. The van der Waals surface area contributed by atoms with Gasteiger partial charge < -0.3 is 5.32 Å². The molecule has 0 bridgehead atoms. The Labute approximate surface area is 141 Å². The van der Waals surface area contributed by atoms with E-state index >= 15 is 0 Å². The molecule has 5 heteroatoms. The predicted octanol–water partition coefficient (Wildman–Crippen LogP) is 3.69. The number of thiazole rings is 1. The molecule has 0 atom stereocenters. The van der Waals surface area contributed by atoms with Gasteiger partial charge in [-0.1, -0.05) is 19.3 Å². The third-order valence-corrected chi connectivity index (χ3v) is 5.58. The Morgan fingerprint density at radius 1 is 1.22 bits per heavy atom. The van der Waals surface area contributed by atoms with Crippen LogP contribution in [-0.2, 0) is 12.8 Å². The SMILES string of the molecule is Cc1nc(CCc2ccncc2)sc1C(=O)NC1CCCCC1. The molecule has 4 nitrogen and oxygen atoms in total. The summed E-state index contributed by atoms with van der Waals surface area (Å²) in [6.07, 6.45) is 11.4. The molecule has 2 aromatic rings. The quantitative estimate of drug-likeness (QED) is 0.910. The molecule has 0 saturated heterocycles. The van der Waals surface area contributed by atoms with Crippen LogP contribution in [-0.4, -0.2) is 21.9 Å². The van der Waals surface area contributed by atoms with Crippen LogP contribution in [0.5, 0.6) is 0 Å². The zero-order valence-electron chi connectivity index (χ0n) is 13.5. The number of hydrogen-bond acceptors (Lipinski definition) is 4. The number of carbonyl (C=O) groups excluding carboxylic acids is 1. The lowest BCUT2D eigenvalue weighted by Crippen LogP contribution is -2.36. The minimum Gasteiger partial charge on any atom is -0.349 e. The van der Waals surface area contributed by atoms with Gasteiger partial charge >= 0.3 is 0 Å². The average Bonchev–Trinajstić information content (AvgIpc) is 2.96. The van der Waals surface area contributed by atoms with Gasteiger partial charge in [-0.3, -0.25) is 9.78 Å². The van der Waals surface area contributed by atoms with Crippen LogP contribution in [0.2, 0.25) is 0 Å². The van der Waals surface area contributed by atoms with E-state index in [9.17, 15) is 4.79 Å². The average molecular weight is 329 g/mol. The summed E-state index contributed by atoms with van der Waals surface area (Å²) >= 11 is 1.54. The lowest BCUT2D eigenvalue weighted by molar-refractivity contribution is 0.0931. The van der Waals surface area contributed by atoms with Crippen LogP contribution in [0, 0.1) is 6.92 Å². The molecule has 1 N–H and O–H groups in total. The highest BCUT2D eigenvalue weighted by Crippen LogP contribution is 2.22. The summed E-state index contributed by atoms with van der Waals surface area (Å²) in [5.41, 5.74) is 2.11. The monoisotopic (exact) mass is 329 g/mol. The molecule has 23 heavy (non-hydrogen) atoms. The highest BCUT2D eigenvalue weighted by Gasteiger charge is 2.20. The van der Waals surface area contributed by atoms with Crippen LogP contribution in [0.4, 0.5) is 0 Å². The van der Waals surface area contributed by atoms with Crippen LogP contribution in [0.15, 0.2) is 24.5 Å². The smallest absolute Gasteiger partial charge is 0.263 e. The Kier molecular flexibility index (Phi) is 5.39. The van der Waals surface area contributed by atoms with Gasteiger partial charge in [-0.05, 0) is 43.9 Å². The molecule has 0 radical (unpaired) electrons. The fourth-order valence-corrected chi connectivity index (χ4v) is 4.04. The van der Waals surface area contributed by atoms with Crippen molar-refractivity contribution >= 4 is 17.2 Å². The topological polar surface area (TPSA) is 54.9 Å². The van der Waals surface area contributed by atoms with E-state index in [1.54, 1.807) is 0 Å². The molecule has 0 aliphatic heterocycles. The minimum atomic E-state index is 0.0575. The maximum atomic E-state index is 12.5. The van der Waals surface area contributed by atoms with E-state index in [1.807, 2.05) is 31.5 Å². The minimum absolute atomic E-state index is 0.0575. The number of amides is 1. The molecule has 0 spiro atoms. The van der Waals surface area contributed by atoms with Gasteiger partial charge in [0.1, 0.15) is 4.88 Å². The van der Waals surface area contributed by atoms with Crippen molar-refractivity contribution in [3.05, 3.63) is 45.7 Å². The molecule has 0 aromatic carbocycles. The normalized spacial score (nSPS) is 15.5. The Bertz CT molecular complexity index is 648. The molecule has 1 saturated carbocycles. The standard InChI is InChI=1S/C18H23N3OS/c1-13-17(18(22)21-15-5-3-2-4-6-15)23-16(20-13)8-7-14-9-11-19-12-10-14/h9-12,15H,2-8H2,1H3,(H,21,22). The number of pyridine rings is 1. The first-order valence-corrected chi connectivity index (χ1v) is 9.20. The number of nitrogens with one attached hydrogen (secondary N) is 1. The van der Waals surface area contributed by atoms with Gasteiger partial charge in [-0.2, -0.15) is 0 Å². The molecule has 1 aliphatic carbocycles. The third kappa shape index (κ3) is 4.38. The number of aryl methyl sites for hydroxylation is 3. The van der Waals surface area contributed by atoms with Crippen LogP contribution >= 0.6 is 11.3 Å². The fraction of sp³-hybridized carbons (Fsp3) is 0.500. The lowest BCUT2D eigenvalue weighted by atomic mass is 9.95. The van der Waals surface area contributed by atoms with Gasteiger partial charge in [0, 0.05) is 24.9 Å². The van der Waals surface area contributed by atoms with Gasteiger partial charge in [0.05, 0.1) is 10.7 Å². The van der Waals surface area contributed by atoms with Crippen molar-refractivity contribution in [2.24, 2.45) is 0 Å². The zero-order valence-corrected chi connectivity index (χ0v) is 14.4. The first-order chi connectivity index (χ1) is 11.2. The van der Waals surface area contributed by atoms with Crippen molar-refractivity contribution in [2.45, 2.75) is 57.9 Å². The summed E-state index contributed by atoms with van der Waals surface area (Å²) in [5.74, 6) is 0.0575. The molecule has 1 aliphatic rings. The number of carbonyl (C=O) groups is 1. The van der Waals surface area contributed by atoms with Crippen LogP contribution in [0.1, 0.15) is 58.0 Å². The van der Waals surface area contributed by atoms with Crippen molar-refractivity contribution in [1.82, 2.24) is 15.3 Å². The molecular weight excluding hydrogens is 306 g/mol. The van der Waals surface area contributed by atoms with Crippen molar-refractivity contribution in [1.29, 1.82) is 0 Å². The van der Waals surface area contributed by atoms with E-state index < -0.39 is 0 Å². The summed E-state index contributed by atoms with van der Waals surface area (Å²) in [6, 6.07) is 4.40. The highest BCUT2D eigenvalue weighted by atomic mass is 32.1. The number of rotatable bonds is 5. The molecule has 2 heterocycles. The summed E-state index contributed by atoms with van der Waals surface area (Å²) in [4.78, 5) is 21.9. The lowest BCUT2D eigenvalue weighted by Gasteiger charge is -2.22. The first-order valence-electron chi connectivity index (χ1n) is 8.38. The Morgan fingerprint density at radius 3 is 2.70 bits per heavy atom. The van der Waals surface area contributed by atoms with Gasteiger partial charge in [0.2, 0.25) is 0 Å². The fourth-order valence-electron chi connectivity index (χ4n) is 3.07. The third-order valence-electron chi connectivity index (χ3n) is 4.36. The molecular formula is C18H23N3OS. The van der Waals surface area contributed by atoms with E-state index in [4.69, 9.17) is 0 Å². The molecule has 1 fully saturated rings. The summed E-state index contributed by atoms with van der Waals surface area (Å²) in [7, 11) is 0. The highest BCUT2D eigenvalue weighted by molar-refractivity contribution is 7.13. The van der Waals surface area contributed by atoms with Crippen molar-refractivity contribution in [3.63, 3.8) is 0 Å². The van der Waals surface area contributed by atoms with E-state index in [0.717, 1.165) is 41.3 Å². The summed E-state index contributed by atoms with van der Waals surface area (Å²) in [5, 5.41) is 4.22. The molecule has 1 amide bonds. The van der Waals surface area contributed by atoms with Crippen molar-refractivity contribution < 1.29 is 4.79 Å². The van der Waals surface area contributed by atoms with E-state index in [-0.39, 0.29) is 5.91 Å². The van der Waals surface area contributed by atoms with Gasteiger partial charge in [0.15, 0.2) is 0 Å². The molecule has 3 rings (SSSR count). The first kappa shape index (κ1) is 16.1. The number of aromatic nitrogens is 2. The number of nitrogens with zero attached hydrogens (tertiary/aromatic N) is 2. The predicted molar refractivity (Wildman–Crippen MR) is 92.8 cm³/mol. The second kappa shape index (κ2) is 7.68. The van der Waals surface area contributed by atoms with Gasteiger partial charge in [-0.25, -0.2) is 4.98 Å². The Balaban J connectivity index is 1.59. The molecule has 2 aromatic heterocycles. The zero-order chi connectivity index (χ0) is 16.1. The van der Waals surface area contributed by atoms with Gasteiger partial charge in [0.25, 0.3) is 5.91 Å². The Hall–Kier alpha value is -1.75. The number of hydrogen-bond donors (Lipinski definition) is 1. The molecule has 0 unspecified atom stereocenters.